The van der Waals surface area contributed by atoms with E-state index in [0.717, 1.165) is 11.1 Å². The molecule has 5 nitrogen and oxygen atoms in total. The van der Waals surface area contributed by atoms with Crippen molar-refractivity contribution in [2.75, 3.05) is 13.1 Å². The molecule has 0 bridgehead atoms. The highest BCUT2D eigenvalue weighted by Gasteiger charge is 2.21. The van der Waals surface area contributed by atoms with Gasteiger partial charge in [0.05, 0.1) is 5.92 Å². The first-order valence-electron chi connectivity index (χ1n) is 9.44. The van der Waals surface area contributed by atoms with Crippen LogP contribution in [0.25, 0.3) is 0 Å². The van der Waals surface area contributed by atoms with Gasteiger partial charge in [0.25, 0.3) is 5.91 Å². The van der Waals surface area contributed by atoms with Crippen LogP contribution in [0.15, 0.2) is 54.6 Å². The molecule has 0 saturated heterocycles. The summed E-state index contributed by atoms with van der Waals surface area (Å²) in [5.74, 6) is -0.399. The van der Waals surface area contributed by atoms with Crippen LogP contribution in [0.1, 0.15) is 48.3 Å². The molecule has 0 aliphatic carbocycles. The summed E-state index contributed by atoms with van der Waals surface area (Å²) in [7, 11) is 0. The minimum atomic E-state index is -0.347. The molecule has 0 saturated carbocycles. The van der Waals surface area contributed by atoms with Gasteiger partial charge in [-0.05, 0) is 37.1 Å². The van der Waals surface area contributed by atoms with E-state index in [9.17, 15) is 9.59 Å². The van der Waals surface area contributed by atoms with E-state index in [2.05, 4.69) is 5.32 Å². The van der Waals surface area contributed by atoms with Crippen molar-refractivity contribution in [1.29, 1.82) is 0 Å². The van der Waals surface area contributed by atoms with Crippen molar-refractivity contribution in [2.45, 2.75) is 33.4 Å². The SMILES string of the molecule is CCN(CC)C(=O)c1ccc(CNC(=O)C(C)C(N)c2ccccc2)cc1.Cl. The standard InChI is InChI=1S/C22H29N3O2.ClH/c1-4-25(5-2)22(27)19-13-11-17(12-14-19)15-24-21(26)16(3)20(23)18-9-7-6-8-10-18;/h6-14,16,20H,4-5,15,23H2,1-3H3,(H,24,26);1H. The minimum absolute atomic E-state index is 0. The molecule has 0 heterocycles. The van der Waals surface area contributed by atoms with Gasteiger partial charge >= 0.3 is 0 Å². The van der Waals surface area contributed by atoms with E-state index < -0.39 is 0 Å². The molecule has 28 heavy (non-hydrogen) atoms. The Kier molecular flexibility index (Phi) is 9.69. The number of nitrogens with zero attached hydrogens (tertiary/aromatic N) is 1. The van der Waals surface area contributed by atoms with Crippen LogP contribution in [0, 0.1) is 5.92 Å². The normalized spacial score (nSPS) is 12.4. The van der Waals surface area contributed by atoms with Gasteiger partial charge in [0.1, 0.15) is 0 Å². The number of carbonyl (C=O) groups is 2. The first-order valence-corrected chi connectivity index (χ1v) is 9.44. The van der Waals surface area contributed by atoms with Crippen LogP contribution in [0.4, 0.5) is 0 Å². The quantitative estimate of drug-likeness (QED) is 0.707. The van der Waals surface area contributed by atoms with Crippen LogP contribution in [0.5, 0.6) is 0 Å². The van der Waals surface area contributed by atoms with Gasteiger partial charge in [0.2, 0.25) is 5.91 Å². The van der Waals surface area contributed by atoms with Crippen molar-refractivity contribution in [2.24, 2.45) is 11.7 Å². The molecule has 2 aromatic carbocycles. The maximum absolute atomic E-state index is 12.4. The predicted octanol–water partition coefficient (Wildman–Crippen LogP) is 3.54. The van der Waals surface area contributed by atoms with Crippen molar-refractivity contribution in [3.8, 4) is 0 Å². The third-order valence-electron chi connectivity index (χ3n) is 4.85. The molecule has 152 valence electrons. The molecule has 0 fully saturated rings. The molecular weight excluding hydrogens is 374 g/mol. The molecule has 3 N–H and O–H groups in total. The summed E-state index contributed by atoms with van der Waals surface area (Å²) in [6.07, 6.45) is 0. The van der Waals surface area contributed by atoms with E-state index in [1.54, 1.807) is 17.0 Å². The van der Waals surface area contributed by atoms with Crippen molar-refractivity contribution in [3.63, 3.8) is 0 Å². The van der Waals surface area contributed by atoms with Crippen LogP contribution in [0.3, 0.4) is 0 Å². The summed E-state index contributed by atoms with van der Waals surface area (Å²) >= 11 is 0. The smallest absolute Gasteiger partial charge is 0.253 e. The van der Waals surface area contributed by atoms with Gasteiger partial charge in [0, 0.05) is 31.2 Å². The summed E-state index contributed by atoms with van der Waals surface area (Å²) < 4.78 is 0. The van der Waals surface area contributed by atoms with Crippen molar-refractivity contribution in [3.05, 3.63) is 71.3 Å². The van der Waals surface area contributed by atoms with Gasteiger partial charge < -0.3 is 16.0 Å². The Labute approximate surface area is 173 Å². The summed E-state index contributed by atoms with van der Waals surface area (Å²) in [5, 5.41) is 2.93. The molecule has 0 aromatic heterocycles. The second kappa shape index (κ2) is 11.5. The fourth-order valence-corrected chi connectivity index (χ4v) is 2.94. The van der Waals surface area contributed by atoms with Gasteiger partial charge in [0.15, 0.2) is 0 Å². The summed E-state index contributed by atoms with van der Waals surface area (Å²) in [6.45, 7) is 7.54. The second-order valence-corrected chi connectivity index (χ2v) is 6.62. The molecule has 2 rings (SSSR count). The molecule has 0 aliphatic heterocycles. The van der Waals surface area contributed by atoms with Gasteiger partial charge in [-0.1, -0.05) is 49.4 Å². The lowest BCUT2D eigenvalue weighted by Crippen LogP contribution is -2.35. The van der Waals surface area contributed by atoms with E-state index in [1.165, 1.54) is 0 Å². The number of hydrogen-bond acceptors (Lipinski definition) is 3. The highest BCUT2D eigenvalue weighted by molar-refractivity contribution is 5.94. The average molecular weight is 404 g/mol. The summed E-state index contributed by atoms with van der Waals surface area (Å²) in [4.78, 5) is 26.5. The van der Waals surface area contributed by atoms with Crippen molar-refractivity contribution in [1.82, 2.24) is 10.2 Å². The Morgan fingerprint density at radius 2 is 1.57 bits per heavy atom. The van der Waals surface area contributed by atoms with Crippen molar-refractivity contribution >= 4 is 24.2 Å². The molecule has 2 unspecified atom stereocenters. The number of nitrogens with two attached hydrogens (primary N) is 1. The Morgan fingerprint density at radius 1 is 1.00 bits per heavy atom. The third kappa shape index (κ3) is 6.08. The number of carbonyl (C=O) groups excluding carboxylic acids is 2. The molecular formula is C22H30ClN3O2. The number of amides is 2. The fraction of sp³-hybridized carbons (Fsp3) is 0.364. The van der Waals surface area contributed by atoms with Crippen molar-refractivity contribution < 1.29 is 9.59 Å². The lowest BCUT2D eigenvalue weighted by atomic mass is 9.94. The minimum Gasteiger partial charge on any atom is -0.352 e. The highest BCUT2D eigenvalue weighted by Crippen LogP contribution is 2.19. The summed E-state index contributed by atoms with van der Waals surface area (Å²) in [6, 6.07) is 16.6. The molecule has 2 aromatic rings. The zero-order chi connectivity index (χ0) is 19.8. The van der Waals surface area contributed by atoms with Crippen LogP contribution < -0.4 is 11.1 Å². The van der Waals surface area contributed by atoms with Gasteiger partial charge in [-0.2, -0.15) is 0 Å². The van der Waals surface area contributed by atoms with Crippen LogP contribution in [-0.4, -0.2) is 29.8 Å². The first-order chi connectivity index (χ1) is 13.0. The third-order valence-corrected chi connectivity index (χ3v) is 4.85. The van der Waals surface area contributed by atoms with Crippen LogP contribution in [-0.2, 0) is 11.3 Å². The second-order valence-electron chi connectivity index (χ2n) is 6.62. The molecule has 2 atom stereocenters. The zero-order valence-electron chi connectivity index (χ0n) is 16.7. The number of halogens is 1. The molecule has 0 spiro atoms. The van der Waals surface area contributed by atoms with Gasteiger partial charge in [-0.25, -0.2) is 0 Å². The Morgan fingerprint density at radius 3 is 2.11 bits per heavy atom. The number of rotatable bonds is 8. The summed E-state index contributed by atoms with van der Waals surface area (Å²) in [5.41, 5.74) is 8.76. The van der Waals surface area contributed by atoms with Crippen LogP contribution in [0.2, 0.25) is 0 Å². The Balaban J connectivity index is 0.00000392. The molecule has 0 radical (unpaired) electrons. The average Bonchev–Trinajstić information content (AvgIpc) is 2.72. The van der Waals surface area contributed by atoms with Crippen LogP contribution >= 0.6 is 12.4 Å². The first kappa shape index (κ1) is 23.7. The zero-order valence-corrected chi connectivity index (χ0v) is 17.5. The van der Waals surface area contributed by atoms with E-state index in [1.807, 2.05) is 63.2 Å². The van der Waals surface area contributed by atoms with E-state index in [-0.39, 0.29) is 36.2 Å². The monoisotopic (exact) mass is 403 g/mol. The number of nitrogens with one attached hydrogen (secondary N) is 1. The lowest BCUT2D eigenvalue weighted by Gasteiger charge is -2.20. The van der Waals surface area contributed by atoms with Gasteiger partial charge in [-0.15, -0.1) is 12.4 Å². The van der Waals surface area contributed by atoms with E-state index in [4.69, 9.17) is 5.73 Å². The van der Waals surface area contributed by atoms with E-state index >= 15 is 0 Å². The Hall–Kier alpha value is -2.37. The largest absolute Gasteiger partial charge is 0.352 e. The Bertz CT molecular complexity index is 746. The fourth-order valence-electron chi connectivity index (χ4n) is 2.94. The van der Waals surface area contributed by atoms with Gasteiger partial charge in [-0.3, -0.25) is 9.59 Å². The predicted molar refractivity (Wildman–Crippen MR) is 115 cm³/mol. The highest BCUT2D eigenvalue weighted by atomic mass is 35.5. The number of benzene rings is 2. The lowest BCUT2D eigenvalue weighted by molar-refractivity contribution is -0.125. The topological polar surface area (TPSA) is 75.4 Å². The number of hydrogen-bond donors (Lipinski definition) is 2. The molecule has 6 heteroatoms. The molecule has 2 amide bonds. The maximum Gasteiger partial charge on any atom is 0.253 e. The molecule has 0 aliphatic rings. The maximum atomic E-state index is 12.4. The van der Waals surface area contributed by atoms with E-state index in [0.29, 0.717) is 25.2 Å².